The van der Waals surface area contributed by atoms with Crippen molar-refractivity contribution in [2.75, 3.05) is 25.5 Å². The van der Waals surface area contributed by atoms with Crippen molar-refractivity contribution >= 4 is 5.69 Å². The first-order valence-corrected chi connectivity index (χ1v) is 6.39. The molecule has 1 heterocycles. The Morgan fingerprint density at radius 1 is 1.41 bits per heavy atom. The molecule has 3 N–H and O–H groups in total. The zero-order chi connectivity index (χ0) is 12.3. The van der Waals surface area contributed by atoms with Gasteiger partial charge in [-0.05, 0) is 38.9 Å². The van der Waals surface area contributed by atoms with Gasteiger partial charge in [-0.2, -0.15) is 0 Å². The summed E-state index contributed by atoms with van der Waals surface area (Å²) in [6, 6.07) is 11.0. The predicted molar refractivity (Wildman–Crippen MR) is 73.2 cm³/mol. The molecular weight excluding hydrogens is 210 g/mol. The second-order valence-corrected chi connectivity index (χ2v) is 5.26. The van der Waals surface area contributed by atoms with Crippen molar-refractivity contribution in [3.63, 3.8) is 0 Å². The minimum Gasteiger partial charge on any atom is -0.378 e. The molecular formula is C14H23N3. The van der Waals surface area contributed by atoms with Crippen LogP contribution in [0.25, 0.3) is 0 Å². The average Bonchev–Trinajstić information content (AvgIpc) is 2.35. The van der Waals surface area contributed by atoms with E-state index < -0.39 is 0 Å². The molecule has 3 nitrogen and oxygen atoms in total. The quantitative estimate of drug-likeness (QED) is 0.838. The Balaban J connectivity index is 2.10. The highest BCUT2D eigenvalue weighted by Crippen LogP contribution is 2.28. The molecule has 1 aliphatic heterocycles. The minimum atomic E-state index is 0.0628. The number of anilines is 1. The Morgan fingerprint density at radius 3 is 2.71 bits per heavy atom. The van der Waals surface area contributed by atoms with Crippen LogP contribution in [0, 0.1) is 0 Å². The summed E-state index contributed by atoms with van der Waals surface area (Å²) in [7, 11) is 2.19. The highest BCUT2D eigenvalue weighted by Gasteiger charge is 2.35. The molecule has 1 aliphatic rings. The molecule has 0 bridgehead atoms. The molecule has 1 saturated heterocycles. The lowest BCUT2D eigenvalue weighted by molar-refractivity contribution is 0.147. The fourth-order valence-electron chi connectivity index (χ4n) is 2.61. The van der Waals surface area contributed by atoms with Crippen LogP contribution < -0.4 is 11.1 Å². The van der Waals surface area contributed by atoms with Crippen LogP contribution in [0.4, 0.5) is 5.69 Å². The molecule has 1 fully saturated rings. The van der Waals surface area contributed by atoms with Gasteiger partial charge in [0.05, 0.1) is 5.54 Å². The first-order valence-electron chi connectivity index (χ1n) is 6.39. The molecule has 2 rings (SSSR count). The minimum absolute atomic E-state index is 0.0628. The molecule has 0 aromatic heterocycles. The smallest absolute Gasteiger partial charge is 0.0522 e. The van der Waals surface area contributed by atoms with E-state index in [2.05, 4.69) is 48.5 Å². The van der Waals surface area contributed by atoms with Gasteiger partial charge in [0.25, 0.3) is 0 Å². The number of hydrogen-bond acceptors (Lipinski definition) is 3. The maximum Gasteiger partial charge on any atom is 0.0522 e. The van der Waals surface area contributed by atoms with Crippen molar-refractivity contribution in [1.82, 2.24) is 4.90 Å². The summed E-state index contributed by atoms with van der Waals surface area (Å²) in [4.78, 5) is 2.40. The summed E-state index contributed by atoms with van der Waals surface area (Å²) in [5.41, 5.74) is 7.25. The molecule has 17 heavy (non-hydrogen) atoms. The van der Waals surface area contributed by atoms with Crippen molar-refractivity contribution in [2.24, 2.45) is 5.73 Å². The highest BCUT2D eigenvalue weighted by molar-refractivity contribution is 5.45. The lowest BCUT2D eigenvalue weighted by atomic mass is 9.83. The van der Waals surface area contributed by atoms with Crippen molar-refractivity contribution in [3.05, 3.63) is 30.3 Å². The molecule has 2 unspecified atom stereocenters. The fourth-order valence-corrected chi connectivity index (χ4v) is 2.61. The third-order valence-corrected chi connectivity index (χ3v) is 3.96. The van der Waals surface area contributed by atoms with E-state index >= 15 is 0 Å². The zero-order valence-electron chi connectivity index (χ0n) is 10.8. The zero-order valence-corrected chi connectivity index (χ0v) is 10.8. The normalized spacial score (nSPS) is 30.2. The summed E-state index contributed by atoms with van der Waals surface area (Å²) in [6.45, 7) is 4.08. The van der Waals surface area contributed by atoms with Crippen molar-refractivity contribution in [1.29, 1.82) is 0 Å². The number of para-hydroxylation sites is 1. The van der Waals surface area contributed by atoms with Crippen molar-refractivity contribution in [3.8, 4) is 0 Å². The molecule has 1 aromatic carbocycles. The Bertz CT molecular complexity index is 352. The van der Waals surface area contributed by atoms with Gasteiger partial charge in [-0.15, -0.1) is 0 Å². The first-order chi connectivity index (χ1) is 8.15. The predicted octanol–water partition coefficient (Wildman–Crippen LogP) is 1.91. The standard InChI is InChI=1S/C14H23N3/c1-12-10-14(11-15,8-9-17(12)2)16-13-6-4-3-5-7-13/h3-7,12,16H,8-11,15H2,1-2H3. The maximum absolute atomic E-state index is 6.01. The van der Waals surface area contributed by atoms with Gasteiger partial charge in [0.15, 0.2) is 0 Å². The maximum atomic E-state index is 6.01. The largest absolute Gasteiger partial charge is 0.378 e. The van der Waals surface area contributed by atoms with Crippen LogP contribution in [0.15, 0.2) is 30.3 Å². The van der Waals surface area contributed by atoms with Crippen LogP contribution in [0.3, 0.4) is 0 Å². The number of nitrogens with two attached hydrogens (primary N) is 1. The van der Waals surface area contributed by atoms with Crippen LogP contribution in [-0.2, 0) is 0 Å². The van der Waals surface area contributed by atoms with E-state index in [1.54, 1.807) is 0 Å². The number of rotatable bonds is 3. The molecule has 0 aliphatic carbocycles. The van der Waals surface area contributed by atoms with Crippen LogP contribution in [-0.4, -0.2) is 36.6 Å². The first kappa shape index (κ1) is 12.4. The second-order valence-electron chi connectivity index (χ2n) is 5.26. The number of likely N-dealkylation sites (tertiary alicyclic amines) is 1. The Labute approximate surface area is 104 Å². The topological polar surface area (TPSA) is 41.3 Å². The lowest BCUT2D eigenvalue weighted by Gasteiger charge is -2.45. The Morgan fingerprint density at radius 2 is 2.12 bits per heavy atom. The van der Waals surface area contributed by atoms with Gasteiger partial charge in [-0.25, -0.2) is 0 Å². The van der Waals surface area contributed by atoms with Crippen molar-refractivity contribution in [2.45, 2.75) is 31.3 Å². The molecule has 0 radical (unpaired) electrons. The molecule has 0 amide bonds. The highest BCUT2D eigenvalue weighted by atomic mass is 15.2. The molecule has 0 spiro atoms. The Hall–Kier alpha value is -1.06. The van der Waals surface area contributed by atoms with Gasteiger partial charge in [-0.1, -0.05) is 18.2 Å². The van der Waals surface area contributed by atoms with Gasteiger partial charge in [0, 0.05) is 24.8 Å². The van der Waals surface area contributed by atoms with Gasteiger partial charge in [0.2, 0.25) is 0 Å². The molecule has 94 valence electrons. The van der Waals surface area contributed by atoms with E-state index in [0.717, 1.165) is 19.4 Å². The SMILES string of the molecule is CC1CC(CN)(Nc2ccccc2)CCN1C. The van der Waals surface area contributed by atoms with Gasteiger partial charge >= 0.3 is 0 Å². The van der Waals surface area contributed by atoms with Crippen LogP contribution in [0.2, 0.25) is 0 Å². The van der Waals surface area contributed by atoms with Crippen LogP contribution >= 0.6 is 0 Å². The average molecular weight is 233 g/mol. The van der Waals surface area contributed by atoms with Gasteiger partial charge in [0.1, 0.15) is 0 Å². The van der Waals surface area contributed by atoms with Crippen molar-refractivity contribution < 1.29 is 0 Å². The van der Waals surface area contributed by atoms with Gasteiger partial charge in [-0.3, -0.25) is 0 Å². The van der Waals surface area contributed by atoms with Gasteiger partial charge < -0.3 is 16.0 Å². The van der Waals surface area contributed by atoms with E-state index in [9.17, 15) is 0 Å². The lowest BCUT2D eigenvalue weighted by Crippen LogP contribution is -2.55. The molecule has 3 heteroatoms. The summed E-state index contributed by atoms with van der Waals surface area (Å²) in [6.07, 6.45) is 2.22. The van der Waals surface area contributed by atoms with E-state index in [1.807, 2.05) is 6.07 Å². The summed E-state index contributed by atoms with van der Waals surface area (Å²) >= 11 is 0. The fraction of sp³-hybridized carbons (Fsp3) is 0.571. The summed E-state index contributed by atoms with van der Waals surface area (Å²) in [5.74, 6) is 0. The molecule has 2 atom stereocenters. The number of nitrogens with one attached hydrogen (secondary N) is 1. The van der Waals surface area contributed by atoms with Crippen LogP contribution in [0.5, 0.6) is 0 Å². The summed E-state index contributed by atoms with van der Waals surface area (Å²) in [5, 5.41) is 3.64. The number of nitrogens with zero attached hydrogens (tertiary/aromatic N) is 1. The third-order valence-electron chi connectivity index (χ3n) is 3.96. The van der Waals surface area contributed by atoms with Crippen LogP contribution in [0.1, 0.15) is 19.8 Å². The summed E-state index contributed by atoms with van der Waals surface area (Å²) < 4.78 is 0. The molecule has 1 aromatic rings. The van der Waals surface area contributed by atoms with E-state index in [-0.39, 0.29) is 5.54 Å². The Kier molecular flexibility index (Phi) is 3.69. The number of piperidine rings is 1. The monoisotopic (exact) mass is 233 g/mol. The van der Waals surface area contributed by atoms with E-state index in [0.29, 0.717) is 12.6 Å². The number of hydrogen-bond donors (Lipinski definition) is 2. The number of benzene rings is 1. The van der Waals surface area contributed by atoms with E-state index in [1.165, 1.54) is 5.69 Å². The van der Waals surface area contributed by atoms with E-state index in [4.69, 9.17) is 5.73 Å². The third kappa shape index (κ3) is 2.79. The molecule has 0 saturated carbocycles. The second kappa shape index (κ2) is 5.07.